The van der Waals surface area contributed by atoms with Gasteiger partial charge in [-0.1, -0.05) is 19.3 Å². The number of hydrogen-bond donors (Lipinski definition) is 1. The Morgan fingerprint density at radius 2 is 1.85 bits per heavy atom. The topological polar surface area (TPSA) is 90.3 Å². The molecular weight excluding hydrogens is 350 g/mol. The van der Waals surface area contributed by atoms with Crippen molar-refractivity contribution in [1.82, 2.24) is 9.62 Å². The molecule has 1 amide bonds. The number of nitrogens with zero attached hydrogens (tertiary/aromatic N) is 2. The third kappa shape index (κ3) is 4.25. The van der Waals surface area contributed by atoms with Crippen LogP contribution in [0.25, 0.3) is 0 Å². The number of carbonyl (C=O) groups excluding carboxylic acids is 1. The zero-order valence-electron chi connectivity index (χ0n) is 14.9. The molecule has 6 nitrogen and oxygen atoms in total. The molecule has 7 heteroatoms. The zero-order chi connectivity index (χ0) is 18.6. The number of fused-ring (bicyclic) bond motifs is 1. The molecule has 0 spiro atoms. The van der Waals surface area contributed by atoms with E-state index in [0.29, 0.717) is 11.5 Å². The Kier molecular flexibility index (Phi) is 5.94. The number of nitriles is 1. The van der Waals surface area contributed by atoms with Crippen LogP contribution in [-0.4, -0.2) is 38.9 Å². The number of rotatable bonds is 5. The average Bonchev–Trinajstić information content (AvgIpc) is 2.67. The molecule has 2 aliphatic rings. The van der Waals surface area contributed by atoms with Crippen LogP contribution >= 0.6 is 0 Å². The number of carbonyl (C=O) groups is 1. The van der Waals surface area contributed by atoms with Crippen LogP contribution in [0.1, 0.15) is 48.9 Å². The van der Waals surface area contributed by atoms with Crippen molar-refractivity contribution in [2.75, 3.05) is 19.6 Å². The van der Waals surface area contributed by atoms with Gasteiger partial charge in [0.1, 0.15) is 0 Å². The van der Waals surface area contributed by atoms with E-state index in [1.807, 2.05) is 11.0 Å². The lowest BCUT2D eigenvalue weighted by molar-refractivity contribution is 0.0521. The number of nitrogens with one attached hydrogen (secondary N) is 1. The second-order valence-electron chi connectivity index (χ2n) is 7.17. The molecule has 140 valence electrons. The van der Waals surface area contributed by atoms with Gasteiger partial charge in [0.15, 0.2) is 0 Å². The summed E-state index contributed by atoms with van der Waals surface area (Å²) >= 11 is 0. The van der Waals surface area contributed by atoms with Gasteiger partial charge in [-0.3, -0.25) is 4.79 Å². The first-order valence-corrected chi connectivity index (χ1v) is 10.8. The van der Waals surface area contributed by atoms with Gasteiger partial charge in [-0.25, -0.2) is 13.1 Å². The summed E-state index contributed by atoms with van der Waals surface area (Å²) < 4.78 is 26.6. The highest BCUT2D eigenvalue weighted by Gasteiger charge is 2.33. The van der Waals surface area contributed by atoms with Crippen LogP contribution in [0, 0.1) is 23.2 Å². The van der Waals surface area contributed by atoms with Crippen LogP contribution in [0.15, 0.2) is 29.2 Å². The lowest BCUT2D eigenvalue weighted by atomic mass is 9.75. The first-order valence-electron chi connectivity index (χ1n) is 9.27. The van der Waals surface area contributed by atoms with Crippen LogP contribution in [0.4, 0.5) is 0 Å². The smallest absolute Gasteiger partial charge is 0.253 e. The Labute approximate surface area is 155 Å². The van der Waals surface area contributed by atoms with E-state index in [0.717, 1.165) is 25.4 Å². The van der Waals surface area contributed by atoms with Crippen molar-refractivity contribution in [3.05, 3.63) is 29.8 Å². The van der Waals surface area contributed by atoms with E-state index in [-0.39, 0.29) is 23.8 Å². The minimum absolute atomic E-state index is 0.0181. The third-order valence-electron chi connectivity index (χ3n) is 5.52. The molecule has 1 saturated carbocycles. The van der Waals surface area contributed by atoms with Crippen LogP contribution in [-0.2, 0) is 10.0 Å². The van der Waals surface area contributed by atoms with Gasteiger partial charge in [-0.2, -0.15) is 5.26 Å². The van der Waals surface area contributed by atoms with Crippen molar-refractivity contribution in [3.63, 3.8) is 0 Å². The molecule has 1 heterocycles. The SMILES string of the molecule is N#CCCNS(=O)(=O)c1ccc(C(=O)N2CC[C@H]3CCCC[C@H]3C2)cc1. The zero-order valence-corrected chi connectivity index (χ0v) is 15.7. The fourth-order valence-corrected chi connectivity index (χ4v) is 5.10. The fraction of sp³-hybridized carbons (Fsp3) is 0.579. The summed E-state index contributed by atoms with van der Waals surface area (Å²) in [6.45, 7) is 1.69. The van der Waals surface area contributed by atoms with Gasteiger partial charge >= 0.3 is 0 Å². The highest BCUT2D eigenvalue weighted by molar-refractivity contribution is 7.89. The number of amides is 1. The van der Waals surface area contributed by atoms with E-state index < -0.39 is 10.0 Å². The number of sulfonamides is 1. The molecule has 3 rings (SSSR count). The van der Waals surface area contributed by atoms with E-state index in [4.69, 9.17) is 5.26 Å². The first kappa shape index (κ1) is 18.9. The van der Waals surface area contributed by atoms with Gasteiger partial charge in [0.25, 0.3) is 5.91 Å². The predicted octanol–water partition coefficient (Wildman–Crippen LogP) is 2.53. The maximum Gasteiger partial charge on any atom is 0.253 e. The molecule has 1 aliphatic carbocycles. The van der Waals surface area contributed by atoms with Gasteiger partial charge in [0.2, 0.25) is 10.0 Å². The Hall–Kier alpha value is -1.91. The van der Waals surface area contributed by atoms with Crippen LogP contribution in [0.3, 0.4) is 0 Å². The Morgan fingerprint density at radius 1 is 1.15 bits per heavy atom. The highest BCUT2D eigenvalue weighted by Crippen LogP contribution is 2.36. The van der Waals surface area contributed by atoms with E-state index >= 15 is 0 Å². The molecule has 26 heavy (non-hydrogen) atoms. The van der Waals surface area contributed by atoms with Crippen LogP contribution < -0.4 is 4.72 Å². The van der Waals surface area contributed by atoms with Gasteiger partial charge in [-0.05, 0) is 48.9 Å². The summed E-state index contributed by atoms with van der Waals surface area (Å²) in [5, 5.41) is 8.50. The number of hydrogen-bond acceptors (Lipinski definition) is 4. The van der Waals surface area contributed by atoms with Crippen LogP contribution in [0.2, 0.25) is 0 Å². The normalized spacial score (nSPS) is 23.1. The molecule has 1 saturated heterocycles. The summed E-state index contributed by atoms with van der Waals surface area (Å²) in [6, 6.07) is 7.96. The van der Waals surface area contributed by atoms with Crippen molar-refractivity contribution >= 4 is 15.9 Å². The Morgan fingerprint density at radius 3 is 2.54 bits per heavy atom. The molecule has 1 aromatic carbocycles. The largest absolute Gasteiger partial charge is 0.338 e. The van der Waals surface area contributed by atoms with Crippen molar-refractivity contribution in [1.29, 1.82) is 5.26 Å². The van der Waals surface area contributed by atoms with Crippen molar-refractivity contribution in [2.45, 2.75) is 43.4 Å². The lowest BCUT2D eigenvalue weighted by Gasteiger charge is -2.41. The monoisotopic (exact) mass is 375 g/mol. The van der Waals surface area contributed by atoms with Crippen LogP contribution in [0.5, 0.6) is 0 Å². The summed E-state index contributed by atoms with van der Waals surface area (Å²) in [6.07, 6.45) is 6.26. The minimum atomic E-state index is -3.64. The molecule has 0 aromatic heterocycles. The second-order valence-corrected chi connectivity index (χ2v) is 8.94. The maximum atomic E-state index is 12.8. The molecule has 1 aromatic rings. The molecule has 2 atom stereocenters. The van der Waals surface area contributed by atoms with Gasteiger partial charge in [-0.15, -0.1) is 0 Å². The van der Waals surface area contributed by atoms with Gasteiger partial charge in [0, 0.05) is 31.6 Å². The number of benzene rings is 1. The summed E-state index contributed by atoms with van der Waals surface area (Å²) in [7, 11) is -3.64. The Bertz CT molecular complexity index is 783. The molecule has 1 aliphatic heterocycles. The average molecular weight is 375 g/mol. The number of likely N-dealkylation sites (tertiary alicyclic amines) is 1. The standard InChI is InChI=1S/C19H25N3O3S/c20-11-3-12-21-26(24,25)18-8-6-16(7-9-18)19(23)22-13-10-15-4-1-2-5-17(15)14-22/h6-9,15,17,21H,1-5,10,12-14H2/t15-,17+/m1/s1. The van der Waals surface area contributed by atoms with Crippen molar-refractivity contribution < 1.29 is 13.2 Å². The summed E-state index contributed by atoms with van der Waals surface area (Å²) in [5.74, 6) is 1.36. The lowest BCUT2D eigenvalue weighted by Crippen LogP contribution is -2.44. The predicted molar refractivity (Wildman–Crippen MR) is 97.8 cm³/mol. The quantitative estimate of drug-likeness (QED) is 0.801. The van der Waals surface area contributed by atoms with E-state index in [2.05, 4.69) is 4.72 Å². The maximum absolute atomic E-state index is 12.8. The molecule has 0 bridgehead atoms. The highest BCUT2D eigenvalue weighted by atomic mass is 32.2. The van der Waals surface area contributed by atoms with Gasteiger partial charge < -0.3 is 4.90 Å². The van der Waals surface area contributed by atoms with E-state index in [1.165, 1.54) is 37.8 Å². The number of piperidine rings is 1. The minimum Gasteiger partial charge on any atom is -0.338 e. The summed E-state index contributed by atoms with van der Waals surface area (Å²) in [4.78, 5) is 14.8. The van der Waals surface area contributed by atoms with Crippen molar-refractivity contribution in [3.8, 4) is 6.07 Å². The van der Waals surface area contributed by atoms with E-state index in [1.54, 1.807) is 12.1 Å². The molecule has 0 radical (unpaired) electrons. The van der Waals surface area contributed by atoms with E-state index in [9.17, 15) is 13.2 Å². The molecule has 2 fully saturated rings. The Balaban J connectivity index is 1.64. The van der Waals surface area contributed by atoms with Crippen molar-refractivity contribution in [2.24, 2.45) is 11.8 Å². The second kappa shape index (κ2) is 8.19. The summed E-state index contributed by atoms with van der Waals surface area (Å²) in [5.41, 5.74) is 0.523. The fourth-order valence-electron chi connectivity index (χ4n) is 4.07. The molecule has 1 N–H and O–H groups in total. The molecular formula is C19H25N3O3S. The third-order valence-corrected chi connectivity index (χ3v) is 7.00. The molecule has 0 unspecified atom stereocenters. The first-order chi connectivity index (χ1) is 12.5. The van der Waals surface area contributed by atoms with Gasteiger partial charge in [0.05, 0.1) is 11.0 Å².